The molecular weight excluding hydrogens is 200 g/mol. The van der Waals surface area contributed by atoms with Crippen LogP contribution in [0.3, 0.4) is 0 Å². The summed E-state index contributed by atoms with van der Waals surface area (Å²) < 4.78 is 5.10. The second kappa shape index (κ2) is 8.97. The van der Waals surface area contributed by atoms with Gasteiger partial charge in [0.25, 0.3) is 0 Å². The lowest BCUT2D eigenvalue weighted by Crippen LogP contribution is -2.41. The van der Waals surface area contributed by atoms with Crippen LogP contribution in [0.1, 0.15) is 33.6 Å². The van der Waals surface area contributed by atoms with Crippen LogP contribution in [0.15, 0.2) is 0 Å². The minimum atomic E-state index is 0.373. The lowest BCUT2D eigenvalue weighted by atomic mass is 9.87. The Hall–Kier alpha value is -0.120. The molecule has 0 saturated heterocycles. The summed E-state index contributed by atoms with van der Waals surface area (Å²) in [5.41, 5.74) is 0.373. The minimum absolute atomic E-state index is 0.373. The number of rotatable bonds is 10. The lowest BCUT2D eigenvalue weighted by Gasteiger charge is -2.33. The fraction of sp³-hybridized carbons (Fsp3) is 1.00. The average Bonchev–Trinajstić information content (AvgIpc) is 2.26. The fourth-order valence-corrected chi connectivity index (χ4v) is 1.84. The largest absolute Gasteiger partial charge is 0.383 e. The van der Waals surface area contributed by atoms with Gasteiger partial charge < -0.3 is 15.0 Å². The molecule has 0 aromatic carbocycles. The Kier molecular flexibility index (Phi) is 8.90. The van der Waals surface area contributed by atoms with E-state index in [0.717, 1.165) is 32.8 Å². The van der Waals surface area contributed by atoms with Crippen molar-refractivity contribution in [2.24, 2.45) is 5.41 Å². The van der Waals surface area contributed by atoms with Crippen molar-refractivity contribution in [2.45, 2.75) is 33.6 Å². The molecule has 0 radical (unpaired) electrons. The van der Waals surface area contributed by atoms with E-state index in [-0.39, 0.29) is 0 Å². The summed E-state index contributed by atoms with van der Waals surface area (Å²) in [4.78, 5) is 2.36. The highest BCUT2D eigenvalue weighted by molar-refractivity contribution is 4.78. The van der Waals surface area contributed by atoms with Gasteiger partial charge in [0.1, 0.15) is 0 Å². The zero-order chi connectivity index (χ0) is 12.4. The first-order valence-corrected chi connectivity index (χ1v) is 6.46. The molecule has 3 nitrogen and oxygen atoms in total. The monoisotopic (exact) mass is 230 g/mol. The summed E-state index contributed by atoms with van der Waals surface area (Å²) in [6, 6.07) is 0. The first kappa shape index (κ1) is 15.9. The third-order valence-corrected chi connectivity index (χ3v) is 3.16. The SMILES string of the molecule is CCCNCC(C)(CC)CN(C)CCOC. The maximum atomic E-state index is 5.10. The zero-order valence-corrected chi connectivity index (χ0v) is 11.8. The van der Waals surface area contributed by atoms with Crippen molar-refractivity contribution in [3.8, 4) is 0 Å². The fourth-order valence-electron chi connectivity index (χ4n) is 1.84. The maximum Gasteiger partial charge on any atom is 0.0589 e. The van der Waals surface area contributed by atoms with Gasteiger partial charge >= 0.3 is 0 Å². The number of hydrogen-bond acceptors (Lipinski definition) is 3. The molecule has 0 aliphatic carbocycles. The third kappa shape index (κ3) is 7.20. The van der Waals surface area contributed by atoms with E-state index in [1.165, 1.54) is 12.8 Å². The van der Waals surface area contributed by atoms with Gasteiger partial charge in [-0.1, -0.05) is 20.8 Å². The van der Waals surface area contributed by atoms with Gasteiger partial charge in [0.15, 0.2) is 0 Å². The molecule has 0 spiro atoms. The molecule has 0 rings (SSSR count). The highest BCUT2D eigenvalue weighted by Gasteiger charge is 2.23. The Morgan fingerprint density at radius 3 is 2.50 bits per heavy atom. The van der Waals surface area contributed by atoms with Gasteiger partial charge in [-0.05, 0) is 31.8 Å². The molecule has 0 aromatic heterocycles. The van der Waals surface area contributed by atoms with Gasteiger partial charge in [0.2, 0.25) is 0 Å². The molecule has 0 aliphatic heterocycles. The van der Waals surface area contributed by atoms with Crippen molar-refractivity contribution in [3.63, 3.8) is 0 Å². The summed E-state index contributed by atoms with van der Waals surface area (Å²) in [7, 11) is 3.93. The molecule has 0 bridgehead atoms. The number of nitrogens with zero attached hydrogens (tertiary/aromatic N) is 1. The van der Waals surface area contributed by atoms with E-state index in [4.69, 9.17) is 4.74 Å². The topological polar surface area (TPSA) is 24.5 Å². The second-order valence-electron chi connectivity index (χ2n) is 5.07. The van der Waals surface area contributed by atoms with Crippen LogP contribution >= 0.6 is 0 Å². The number of likely N-dealkylation sites (N-methyl/N-ethyl adjacent to an activating group) is 1. The van der Waals surface area contributed by atoms with Gasteiger partial charge in [-0.15, -0.1) is 0 Å². The molecule has 0 saturated carbocycles. The molecule has 1 N–H and O–H groups in total. The van der Waals surface area contributed by atoms with E-state index in [1.807, 2.05) is 0 Å². The van der Waals surface area contributed by atoms with Crippen LogP contribution in [0, 0.1) is 5.41 Å². The smallest absolute Gasteiger partial charge is 0.0589 e. The number of ether oxygens (including phenoxy) is 1. The Morgan fingerprint density at radius 2 is 2.00 bits per heavy atom. The van der Waals surface area contributed by atoms with Crippen LogP contribution in [0.25, 0.3) is 0 Å². The standard InChI is InChI=1S/C13H30N2O/c1-6-8-14-11-13(3,7-2)12-15(4)9-10-16-5/h14H,6-12H2,1-5H3. The third-order valence-electron chi connectivity index (χ3n) is 3.16. The van der Waals surface area contributed by atoms with Crippen LogP contribution in [0.2, 0.25) is 0 Å². The van der Waals surface area contributed by atoms with E-state index < -0.39 is 0 Å². The van der Waals surface area contributed by atoms with Crippen molar-refractivity contribution in [1.29, 1.82) is 0 Å². The van der Waals surface area contributed by atoms with Gasteiger partial charge in [-0.2, -0.15) is 0 Å². The van der Waals surface area contributed by atoms with Crippen LogP contribution in [-0.2, 0) is 4.74 Å². The molecular formula is C13H30N2O. The first-order chi connectivity index (χ1) is 7.58. The second-order valence-corrected chi connectivity index (χ2v) is 5.07. The Morgan fingerprint density at radius 1 is 1.31 bits per heavy atom. The highest BCUT2D eigenvalue weighted by atomic mass is 16.5. The van der Waals surface area contributed by atoms with Crippen molar-refractivity contribution < 1.29 is 4.74 Å². The summed E-state index contributed by atoms with van der Waals surface area (Å²) in [6.07, 6.45) is 2.42. The number of hydrogen-bond donors (Lipinski definition) is 1. The number of nitrogens with one attached hydrogen (secondary N) is 1. The van der Waals surface area contributed by atoms with E-state index in [0.29, 0.717) is 5.41 Å². The van der Waals surface area contributed by atoms with Crippen molar-refractivity contribution in [2.75, 3.05) is 46.9 Å². The van der Waals surface area contributed by atoms with Gasteiger partial charge in [-0.25, -0.2) is 0 Å². The van der Waals surface area contributed by atoms with Crippen molar-refractivity contribution >= 4 is 0 Å². The van der Waals surface area contributed by atoms with E-state index in [2.05, 4.69) is 38.0 Å². The quantitative estimate of drug-likeness (QED) is 0.581. The summed E-state index contributed by atoms with van der Waals surface area (Å²) in [6.45, 7) is 12.0. The average molecular weight is 230 g/mol. The Balaban J connectivity index is 3.93. The predicted octanol–water partition coefficient (Wildman–Crippen LogP) is 1.98. The van der Waals surface area contributed by atoms with Crippen molar-refractivity contribution in [3.05, 3.63) is 0 Å². The minimum Gasteiger partial charge on any atom is -0.383 e. The Labute approximate surface area is 102 Å². The maximum absolute atomic E-state index is 5.10. The van der Waals surface area contributed by atoms with E-state index in [1.54, 1.807) is 7.11 Å². The van der Waals surface area contributed by atoms with Crippen LogP contribution < -0.4 is 5.32 Å². The molecule has 1 atom stereocenters. The van der Waals surface area contributed by atoms with E-state index >= 15 is 0 Å². The molecule has 0 aromatic rings. The normalized spacial score (nSPS) is 15.4. The summed E-state index contributed by atoms with van der Waals surface area (Å²) in [5.74, 6) is 0. The zero-order valence-electron chi connectivity index (χ0n) is 11.8. The molecule has 3 heteroatoms. The molecule has 0 amide bonds. The van der Waals surface area contributed by atoms with Gasteiger partial charge in [0.05, 0.1) is 6.61 Å². The molecule has 16 heavy (non-hydrogen) atoms. The summed E-state index contributed by atoms with van der Waals surface area (Å²) in [5, 5.41) is 3.53. The number of methoxy groups -OCH3 is 1. The van der Waals surface area contributed by atoms with E-state index in [9.17, 15) is 0 Å². The summed E-state index contributed by atoms with van der Waals surface area (Å²) >= 11 is 0. The molecule has 0 heterocycles. The van der Waals surface area contributed by atoms with Crippen LogP contribution in [-0.4, -0.2) is 51.8 Å². The molecule has 0 aliphatic rings. The lowest BCUT2D eigenvalue weighted by molar-refractivity contribution is 0.126. The molecule has 1 unspecified atom stereocenters. The van der Waals surface area contributed by atoms with Gasteiger partial charge in [-0.3, -0.25) is 0 Å². The van der Waals surface area contributed by atoms with Crippen LogP contribution in [0.4, 0.5) is 0 Å². The Bertz CT molecular complexity index is 164. The first-order valence-electron chi connectivity index (χ1n) is 6.46. The molecule has 0 fully saturated rings. The van der Waals surface area contributed by atoms with Gasteiger partial charge in [0, 0.05) is 26.7 Å². The highest BCUT2D eigenvalue weighted by Crippen LogP contribution is 2.20. The van der Waals surface area contributed by atoms with Crippen LogP contribution in [0.5, 0.6) is 0 Å². The predicted molar refractivity (Wildman–Crippen MR) is 70.9 cm³/mol. The van der Waals surface area contributed by atoms with Crippen molar-refractivity contribution in [1.82, 2.24) is 10.2 Å². The molecule has 98 valence electrons.